The molecule has 1 aromatic heterocycles. The van der Waals surface area contributed by atoms with E-state index in [9.17, 15) is 20.1 Å². The zero-order valence-electron chi connectivity index (χ0n) is 10.2. The van der Waals surface area contributed by atoms with E-state index in [-0.39, 0.29) is 39.0 Å². The van der Waals surface area contributed by atoms with Crippen molar-refractivity contribution in [3.05, 3.63) is 52.9 Å². The Morgan fingerprint density at radius 2 is 1.65 bits per heavy atom. The van der Waals surface area contributed by atoms with Crippen LogP contribution in [0.25, 0.3) is 22.1 Å². The van der Waals surface area contributed by atoms with E-state index >= 15 is 0 Å². The fourth-order valence-corrected chi connectivity index (χ4v) is 2.04. The Morgan fingerprint density at radius 3 is 2.40 bits per heavy atom. The lowest BCUT2D eigenvalue weighted by Gasteiger charge is -2.13. The molecule has 0 unspecified atom stereocenters. The predicted octanol–water partition coefficient (Wildman–Crippen LogP) is 1.94. The first kappa shape index (κ1) is 12.1. The summed E-state index contributed by atoms with van der Waals surface area (Å²) in [7, 11) is 0. The van der Waals surface area contributed by atoms with Crippen LogP contribution in [0.1, 0.15) is 0 Å². The Bertz CT molecular complexity index is 864. The first-order valence-corrected chi connectivity index (χ1v) is 5.81. The second-order valence-corrected chi connectivity index (χ2v) is 4.34. The van der Waals surface area contributed by atoms with Crippen molar-refractivity contribution in [2.24, 2.45) is 0 Å². The molecule has 0 saturated heterocycles. The Kier molecular flexibility index (Phi) is 2.61. The van der Waals surface area contributed by atoms with Gasteiger partial charge in [0.25, 0.3) is 0 Å². The third-order valence-corrected chi connectivity index (χ3v) is 3.01. The van der Waals surface area contributed by atoms with Crippen LogP contribution < -0.4 is 10.5 Å². The second kappa shape index (κ2) is 4.31. The Balaban J connectivity index is 2.30. The number of hydrogen-bond acceptors (Lipinski definition) is 5. The van der Waals surface area contributed by atoms with Gasteiger partial charge in [-0.25, -0.2) is 0 Å². The molecule has 0 saturated carbocycles. The summed E-state index contributed by atoms with van der Waals surface area (Å²) in [6.07, 6.45) is 1.18. The van der Waals surface area contributed by atoms with Gasteiger partial charge in [0.15, 0.2) is 5.43 Å². The number of rotatable bonds is 1. The molecule has 0 radical (unpaired) electrons. The van der Waals surface area contributed by atoms with Crippen molar-refractivity contribution in [1.82, 2.24) is 0 Å². The summed E-state index contributed by atoms with van der Waals surface area (Å²) in [6.45, 7) is 0. The molecule has 20 heavy (non-hydrogen) atoms. The average Bonchev–Trinajstić information content (AvgIpc) is 2.40. The molecule has 0 amide bonds. The largest absolute Gasteiger partial charge is 0.872 e. The van der Waals surface area contributed by atoms with Crippen LogP contribution in [0, 0.1) is 0 Å². The van der Waals surface area contributed by atoms with Crippen LogP contribution >= 0.6 is 0 Å². The molecule has 0 bridgehead atoms. The van der Waals surface area contributed by atoms with Gasteiger partial charge in [-0.2, -0.15) is 0 Å². The van der Waals surface area contributed by atoms with Crippen molar-refractivity contribution in [3.8, 4) is 28.4 Å². The molecule has 0 fully saturated rings. The first-order chi connectivity index (χ1) is 9.56. The van der Waals surface area contributed by atoms with Crippen LogP contribution in [-0.2, 0) is 0 Å². The van der Waals surface area contributed by atoms with Gasteiger partial charge in [-0.3, -0.25) is 4.79 Å². The molecule has 5 nitrogen and oxygen atoms in total. The van der Waals surface area contributed by atoms with Gasteiger partial charge >= 0.3 is 0 Å². The highest BCUT2D eigenvalue weighted by atomic mass is 16.3. The van der Waals surface area contributed by atoms with Gasteiger partial charge in [-0.1, -0.05) is 11.8 Å². The molecule has 2 aromatic carbocycles. The van der Waals surface area contributed by atoms with Crippen LogP contribution in [0.4, 0.5) is 0 Å². The van der Waals surface area contributed by atoms with Gasteiger partial charge in [0.05, 0.1) is 10.9 Å². The van der Waals surface area contributed by atoms with E-state index in [1.54, 1.807) is 0 Å². The van der Waals surface area contributed by atoms with E-state index in [4.69, 9.17) is 4.42 Å². The van der Waals surface area contributed by atoms with E-state index in [2.05, 4.69) is 0 Å². The van der Waals surface area contributed by atoms with Crippen LogP contribution in [0.3, 0.4) is 0 Å². The maximum atomic E-state index is 12.3. The summed E-state index contributed by atoms with van der Waals surface area (Å²) in [5, 5.41) is 30.6. The lowest BCUT2D eigenvalue weighted by Crippen LogP contribution is -2.06. The molecule has 1 heterocycles. The van der Waals surface area contributed by atoms with Gasteiger partial charge in [0.2, 0.25) is 0 Å². The molecule has 3 rings (SSSR count). The van der Waals surface area contributed by atoms with Gasteiger partial charge in [-0.05, 0) is 29.8 Å². The number of phenols is 2. The average molecular weight is 269 g/mol. The van der Waals surface area contributed by atoms with Crippen molar-refractivity contribution < 1.29 is 19.7 Å². The zero-order valence-corrected chi connectivity index (χ0v) is 10.2. The third-order valence-electron chi connectivity index (χ3n) is 3.01. The van der Waals surface area contributed by atoms with Crippen molar-refractivity contribution in [1.29, 1.82) is 0 Å². The molecule has 0 aliphatic carbocycles. The fourth-order valence-electron chi connectivity index (χ4n) is 2.04. The van der Waals surface area contributed by atoms with Crippen molar-refractivity contribution in [2.75, 3.05) is 0 Å². The standard InChI is InChI=1S/C15H10O5/c16-8-1-3-10(13(18)5-8)12-7-20-14-6-9(17)2-4-11(14)15(12)19/h1-7,16-18H/p-1. The minimum absolute atomic E-state index is 0.0115. The van der Waals surface area contributed by atoms with Crippen LogP contribution in [0.15, 0.2) is 51.9 Å². The molecular weight excluding hydrogens is 260 g/mol. The summed E-state index contributed by atoms with van der Waals surface area (Å²) in [6, 6.07) is 7.88. The van der Waals surface area contributed by atoms with E-state index < -0.39 is 5.75 Å². The van der Waals surface area contributed by atoms with E-state index in [0.29, 0.717) is 0 Å². The number of phenolic OH excluding ortho intramolecular Hbond substituents is 2. The van der Waals surface area contributed by atoms with Crippen molar-refractivity contribution in [2.45, 2.75) is 0 Å². The molecule has 0 spiro atoms. The minimum atomic E-state index is -0.463. The smallest absolute Gasteiger partial charge is 0.200 e. The quantitative estimate of drug-likeness (QED) is 0.704. The van der Waals surface area contributed by atoms with Crippen molar-refractivity contribution in [3.63, 3.8) is 0 Å². The first-order valence-electron chi connectivity index (χ1n) is 5.81. The fraction of sp³-hybridized carbons (Fsp3) is 0. The number of hydrogen-bond donors (Lipinski definition) is 2. The van der Waals surface area contributed by atoms with Crippen molar-refractivity contribution >= 4 is 11.0 Å². The van der Waals surface area contributed by atoms with Crippen LogP contribution in [0.5, 0.6) is 17.2 Å². The Hall–Kier alpha value is -2.95. The monoisotopic (exact) mass is 269 g/mol. The van der Waals surface area contributed by atoms with Gasteiger partial charge in [-0.15, -0.1) is 0 Å². The molecule has 0 atom stereocenters. The maximum Gasteiger partial charge on any atom is 0.200 e. The highest BCUT2D eigenvalue weighted by Crippen LogP contribution is 2.29. The normalized spacial score (nSPS) is 10.8. The summed E-state index contributed by atoms with van der Waals surface area (Å²) in [5.41, 5.74) is 0.152. The van der Waals surface area contributed by atoms with E-state index in [0.717, 1.165) is 6.07 Å². The molecule has 3 aromatic rings. The minimum Gasteiger partial charge on any atom is -0.872 e. The number of fused-ring (bicyclic) bond motifs is 1. The molecule has 5 heteroatoms. The van der Waals surface area contributed by atoms with Crippen LogP contribution in [-0.4, -0.2) is 10.2 Å². The topological polar surface area (TPSA) is 93.7 Å². The predicted molar refractivity (Wildman–Crippen MR) is 70.7 cm³/mol. The molecule has 2 N–H and O–H groups in total. The number of aromatic hydroxyl groups is 2. The molecule has 100 valence electrons. The van der Waals surface area contributed by atoms with Gasteiger partial charge in [0, 0.05) is 6.07 Å². The highest BCUT2D eigenvalue weighted by molar-refractivity contribution is 5.83. The molecular formula is C15H9O5-. The lowest BCUT2D eigenvalue weighted by atomic mass is 10.0. The highest BCUT2D eigenvalue weighted by Gasteiger charge is 2.10. The maximum absolute atomic E-state index is 12.3. The summed E-state index contributed by atoms with van der Waals surface area (Å²) < 4.78 is 5.28. The summed E-state index contributed by atoms with van der Waals surface area (Å²) >= 11 is 0. The third kappa shape index (κ3) is 1.85. The molecule has 0 aliphatic heterocycles. The number of benzene rings is 2. The SMILES string of the molecule is O=c1c(-c2ccc(O)cc2[O-])coc2cc(O)ccc12. The van der Waals surface area contributed by atoms with E-state index in [1.807, 2.05) is 0 Å². The van der Waals surface area contributed by atoms with Gasteiger partial charge < -0.3 is 19.7 Å². The van der Waals surface area contributed by atoms with E-state index in [1.165, 1.54) is 36.6 Å². The summed E-state index contributed by atoms with van der Waals surface area (Å²) in [4.78, 5) is 12.3. The van der Waals surface area contributed by atoms with Gasteiger partial charge in [0.1, 0.15) is 23.3 Å². The second-order valence-electron chi connectivity index (χ2n) is 4.34. The Labute approximate surface area is 113 Å². The lowest BCUT2D eigenvalue weighted by molar-refractivity contribution is -0.267. The Morgan fingerprint density at radius 1 is 0.950 bits per heavy atom. The van der Waals surface area contributed by atoms with Crippen LogP contribution in [0.2, 0.25) is 0 Å². The molecule has 0 aliphatic rings. The zero-order chi connectivity index (χ0) is 14.3. The summed E-state index contributed by atoms with van der Waals surface area (Å²) in [5.74, 6) is -0.633.